The molecule has 1 unspecified atom stereocenters. The average Bonchev–Trinajstić information content (AvgIpc) is 1.86. The fraction of sp³-hybridized carbons (Fsp3) is 0.875. The summed E-state index contributed by atoms with van der Waals surface area (Å²) in [7, 11) is 0. The predicted molar refractivity (Wildman–Crippen MR) is 50.9 cm³/mol. The molecule has 0 aromatic rings. The van der Waals surface area contributed by atoms with Crippen molar-refractivity contribution in [1.29, 1.82) is 0 Å². The van der Waals surface area contributed by atoms with E-state index in [1.165, 1.54) is 0 Å². The van der Waals surface area contributed by atoms with Crippen LogP contribution < -0.4 is 5.73 Å². The van der Waals surface area contributed by atoms with Gasteiger partial charge in [-0.15, -0.1) is 0 Å². The lowest BCUT2D eigenvalue weighted by molar-refractivity contribution is -0.118. The van der Waals surface area contributed by atoms with Gasteiger partial charge < -0.3 is 5.73 Å². The molecule has 0 aromatic carbocycles. The summed E-state index contributed by atoms with van der Waals surface area (Å²) < 4.78 is 0. The molecule has 0 aliphatic carbocycles. The van der Waals surface area contributed by atoms with Gasteiger partial charge in [0.15, 0.2) is 0 Å². The molecule has 0 saturated heterocycles. The van der Waals surface area contributed by atoms with E-state index < -0.39 is 0 Å². The Bertz CT molecular complexity index is 125. The topological polar surface area (TPSA) is 43.1 Å². The summed E-state index contributed by atoms with van der Waals surface area (Å²) in [5.41, 5.74) is 5.54. The van der Waals surface area contributed by atoms with Gasteiger partial charge in [0, 0.05) is 0 Å². The van der Waals surface area contributed by atoms with Crippen LogP contribution in [0.5, 0.6) is 0 Å². The van der Waals surface area contributed by atoms with E-state index in [4.69, 9.17) is 5.73 Å². The first kappa shape index (κ1) is 11.0. The standard InChI is InChI=1S/C8H17NOS/c1-6(2)11-5-4-8(9)7(3)10/h6,8H,4-5,9H2,1-3H3. The van der Waals surface area contributed by atoms with Gasteiger partial charge >= 0.3 is 0 Å². The maximum Gasteiger partial charge on any atom is 0.146 e. The van der Waals surface area contributed by atoms with Crippen molar-refractivity contribution in [1.82, 2.24) is 0 Å². The van der Waals surface area contributed by atoms with E-state index in [0.29, 0.717) is 5.25 Å². The van der Waals surface area contributed by atoms with Crippen LogP contribution in [0.1, 0.15) is 27.2 Å². The number of Topliss-reactive ketones (excluding diaryl/α,β-unsaturated/α-hetero) is 1. The van der Waals surface area contributed by atoms with Gasteiger partial charge in [-0.25, -0.2) is 0 Å². The van der Waals surface area contributed by atoms with E-state index in [1.807, 2.05) is 11.8 Å². The quantitative estimate of drug-likeness (QED) is 0.687. The molecular formula is C8H17NOS. The van der Waals surface area contributed by atoms with Crippen LogP contribution in [0.2, 0.25) is 0 Å². The molecule has 0 bridgehead atoms. The van der Waals surface area contributed by atoms with Crippen LogP contribution in [0.15, 0.2) is 0 Å². The van der Waals surface area contributed by atoms with Crippen LogP contribution in [0.4, 0.5) is 0 Å². The van der Waals surface area contributed by atoms with Crippen LogP contribution in [0.25, 0.3) is 0 Å². The summed E-state index contributed by atoms with van der Waals surface area (Å²) in [6.45, 7) is 5.83. The van der Waals surface area contributed by atoms with Crippen molar-refractivity contribution < 1.29 is 4.79 Å². The summed E-state index contributed by atoms with van der Waals surface area (Å²) in [6, 6.07) is -0.249. The zero-order valence-corrected chi connectivity index (χ0v) is 8.28. The molecule has 0 amide bonds. The Hall–Kier alpha value is -0.0200. The number of carbonyl (C=O) groups is 1. The van der Waals surface area contributed by atoms with Gasteiger partial charge in [-0.3, -0.25) is 4.79 Å². The van der Waals surface area contributed by atoms with E-state index in [1.54, 1.807) is 6.92 Å². The molecule has 0 aliphatic rings. The molecule has 0 saturated carbocycles. The number of hydrogen-bond acceptors (Lipinski definition) is 3. The second-order valence-electron chi connectivity index (χ2n) is 2.93. The molecule has 66 valence electrons. The third kappa shape index (κ3) is 6.38. The lowest BCUT2D eigenvalue weighted by Gasteiger charge is -2.08. The van der Waals surface area contributed by atoms with Crippen molar-refractivity contribution in [2.75, 3.05) is 5.75 Å². The van der Waals surface area contributed by atoms with E-state index in [2.05, 4.69) is 13.8 Å². The minimum absolute atomic E-state index is 0.0920. The van der Waals surface area contributed by atoms with Crippen molar-refractivity contribution in [3.63, 3.8) is 0 Å². The van der Waals surface area contributed by atoms with Gasteiger partial charge in [0.2, 0.25) is 0 Å². The summed E-state index contributed by atoms with van der Waals surface area (Å²) in [5.74, 6) is 1.08. The van der Waals surface area contributed by atoms with Gasteiger partial charge in [-0.1, -0.05) is 13.8 Å². The number of hydrogen-bond donors (Lipinski definition) is 1. The van der Waals surface area contributed by atoms with Gasteiger partial charge in [0.25, 0.3) is 0 Å². The average molecular weight is 175 g/mol. The summed E-state index contributed by atoms with van der Waals surface area (Å²) >= 11 is 1.84. The Balaban J connectivity index is 3.31. The van der Waals surface area contributed by atoms with Gasteiger partial charge in [0.1, 0.15) is 5.78 Å². The van der Waals surface area contributed by atoms with Crippen molar-refractivity contribution in [3.05, 3.63) is 0 Å². The van der Waals surface area contributed by atoms with E-state index >= 15 is 0 Å². The number of rotatable bonds is 5. The first-order valence-electron chi connectivity index (χ1n) is 3.91. The van der Waals surface area contributed by atoms with E-state index in [-0.39, 0.29) is 11.8 Å². The van der Waals surface area contributed by atoms with E-state index in [9.17, 15) is 4.79 Å². The normalized spacial score (nSPS) is 13.5. The highest BCUT2D eigenvalue weighted by atomic mass is 32.2. The zero-order chi connectivity index (χ0) is 8.85. The molecule has 0 fully saturated rings. The molecule has 3 heteroatoms. The largest absolute Gasteiger partial charge is 0.321 e. The number of carbonyl (C=O) groups excluding carboxylic acids is 1. The van der Waals surface area contributed by atoms with Crippen LogP contribution in [-0.2, 0) is 4.79 Å². The first-order valence-corrected chi connectivity index (χ1v) is 4.96. The lowest BCUT2D eigenvalue weighted by atomic mass is 10.2. The van der Waals surface area contributed by atoms with E-state index in [0.717, 1.165) is 12.2 Å². The Kier molecular flexibility index (Phi) is 5.60. The molecular weight excluding hydrogens is 158 g/mol. The zero-order valence-electron chi connectivity index (χ0n) is 7.46. The molecule has 2 nitrogen and oxygen atoms in total. The Morgan fingerprint density at radius 1 is 1.55 bits per heavy atom. The molecule has 0 heterocycles. The highest BCUT2D eigenvalue weighted by Crippen LogP contribution is 2.10. The lowest BCUT2D eigenvalue weighted by Crippen LogP contribution is -2.28. The predicted octanol–water partition coefficient (Wildman–Crippen LogP) is 1.43. The SMILES string of the molecule is CC(=O)C(N)CCSC(C)C. The number of thioether (sulfide) groups is 1. The third-order valence-corrected chi connectivity index (χ3v) is 2.54. The Morgan fingerprint density at radius 3 is 2.45 bits per heavy atom. The van der Waals surface area contributed by atoms with Gasteiger partial charge in [-0.2, -0.15) is 11.8 Å². The fourth-order valence-electron chi connectivity index (χ4n) is 0.634. The Morgan fingerprint density at radius 2 is 2.09 bits per heavy atom. The van der Waals surface area contributed by atoms with Gasteiger partial charge in [0.05, 0.1) is 6.04 Å². The van der Waals surface area contributed by atoms with Crippen molar-refractivity contribution >= 4 is 17.5 Å². The smallest absolute Gasteiger partial charge is 0.146 e. The van der Waals surface area contributed by atoms with Crippen molar-refractivity contribution in [2.45, 2.75) is 38.5 Å². The maximum atomic E-state index is 10.7. The molecule has 1 atom stereocenters. The summed E-state index contributed by atoms with van der Waals surface area (Å²) in [6.07, 6.45) is 0.804. The molecule has 0 rings (SSSR count). The molecule has 0 aliphatic heterocycles. The highest BCUT2D eigenvalue weighted by molar-refractivity contribution is 7.99. The second-order valence-corrected chi connectivity index (χ2v) is 4.61. The van der Waals surface area contributed by atoms with Crippen molar-refractivity contribution in [3.8, 4) is 0 Å². The summed E-state index contributed by atoms with van der Waals surface area (Å²) in [5, 5.41) is 0.633. The van der Waals surface area contributed by atoms with Crippen LogP contribution in [0, 0.1) is 0 Å². The Labute approximate surface area is 72.9 Å². The number of ketones is 1. The molecule has 0 spiro atoms. The third-order valence-electron chi connectivity index (χ3n) is 1.40. The minimum atomic E-state index is -0.249. The molecule has 0 radical (unpaired) electrons. The van der Waals surface area contributed by atoms with Crippen molar-refractivity contribution in [2.24, 2.45) is 5.73 Å². The maximum absolute atomic E-state index is 10.7. The highest BCUT2D eigenvalue weighted by Gasteiger charge is 2.07. The number of nitrogens with two attached hydrogens (primary N) is 1. The first-order chi connectivity index (χ1) is 5.04. The molecule has 0 aromatic heterocycles. The second kappa shape index (κ2) is 5.61. The fourth-order valence-corrected chi connectivity index (χ4v) is 1.50. The minimum Gasteiger partial charge on any atom is -0.321 e. The van der Waals surface area contributed by atoms with Gasteiger partial charge in [-0.05, 0) is 24.3 Å². The molecule has 11 heavy (non-hydrogen) atoms. The van der Waals surface area contributed by atoms with Crippen LogP contribution in [0.3, 0.4) is 0 Å². The van der Waals surface area contributed by atoms with Crippen LogP contribution >= 0.6 is 11.8 Å². The van der Waals surface area contributed by atoms with Crippen LogP contribution in [-0.4, -0.2) is 22.8 Å². The monoisotopic (exact) mass is 175 g/mol. The molecule has 2 N–H and O–H groups in total. The summed E-state index contributed by atoms with van der Waals surface area (Å²) in [4.78, 5) is 10.7.